The number of esters is 1. The summed E-state index contributed by atoms with van der Waals surface area (Å²) in [5.74, 6) is -0.597. The van der Waals surface area contributed by atoms with Gasteiger partial charge in [0.2, 0.25) is 0 Å². The molecular formula is C23H18BrNO5. The maximum atomic E-state index is 12.7. The van der Waals surface area contributed by atoms with Gasteiger partial charge in [-0.15, -0.1) is 0 Å². The molecule has 1 N–H and O–H groups in total. The van der Waals surface area contributed by atoms with Crippen molar-refractivity contribution >= 4 is 55.4 Å². The van der Waals surface area contributed by atoms with Gasteiger partial charge in [-0.05, 0) is 47.1 Å². The van der Waals surface area contributed by atoms with E-state index in [1.54, 1.807) is 30.3 Å². The Morgan fingerprint density at radius 3 is 2.50 bits per heavy atom. The topological polar surface area (TPSA) is 77.8 Å². The zero-order chi connectivity index (χ0) is 21.3. The van der Waals surface area contributed by atoms with Crippen LogP contribution in [0.5, 0.6) is 5.75 Å². The first-order valence-corrected chi connectivity index (χ1v) is 10.0. The highest BCUT2D eigenvalue weighted by atomic mass is 79.9. The van der Waals surface area contributed by atoms with Crippen LogP contribution in [0, 0.1) is 0 Å². The Balaban J connectivity index is 1.56. The minimum absolute atomic E-state index is 0.346. The summed E-state index contributed by atoms with van der Waals surface area (Å²) in [5, 5.41) is 4.60. The molecule has 1 aromatic heterocycles. The number of carbonyl (C=O) groups is 2. The van der Waals surface area contributed by atoms with Gasteiger partial charge in [0, 0.05) is 21.3 Å². The number of rotatable bonds is 5. The number of halogens is 1. The van der Waals surface area contributed by atoms with Crippen LogP contribution in [0.2, 0.25) is 0 Å². The fourth-order valence-corrected chi connectivity index (χ4v) is 3.60. The van der Waals surface area contributed by atoms with Crippen molar-refractivity contribution in [1.29, 1.82) is 0 Å². The van der Waals surface area contributed by atoms with Crippen LogP contribution in [0.15, 0.2) is 69.6 Å². The van der Waals surface area contributed by atoms with Crippen LogP contribution in [0.4, 0.5) is 5.69 Å². The summed E-state index contributed by atoms with van der Waals surface area (Å²) in [5.41, 5.74) is 2.13. The Kier molecular flexibility index (Phi) is 5.46. The summed E-state index contributed by atoms with van der Waals surface area (Å²) in [6.45, 7) is 1.51. The Morgan fingerprint density at radius 1 is 1.00 bits per heavy atom. The molecule has 0 spiro atoms. The van der Waals surface area contributed by atoms with Gasteiger partial charge in [0.25, 0.3) is 5.91 Å². The quantitative estimate of drug-likeness (QED) is 0.389. The molecule has 1 amide bonds. The number of anilines is 1. The third-order valence-corrected chi connectivity index (χ3v) is 5.40. The average Bonchev–Trinajstić information content (AvgIpc) is 3.10. The van der Waals surface area contributed by atoms with E-state index in [0.717, 1.165) is 16.4 Å². The van der Waals surface area contributed by atoms with E-state index in [1.807, 2.05) is 30.3 Å². The highest BCUT2D eigenvalue weighted by Gasteiger charge is 2.22. The molecule has 0 radical (unpaired) electrons. The predicted molar refractivity (Wildman–Crippen MR) is 118 cm³/mol. The number of hydrogen-bond donors (Lipinski definition) is 1. The molecule has 0 aliphatic heterocycles. The number of ether oxygens (including phenoxy) is 2. The van der Waals surface area contributed by atoms with Gasteiger partial charge >= 0.3 is 5.97 Å². The van der Waals surface area contributed by atoms with Gasteiger partial charge in [0.15, 0.2) is 6.10 Å². The van der Waals surface area contributed by atoms with Gasteiger partial charge in [-0.3, -0.25) is 4.79 Å². The van der Waals surface area contributed by atoms with Crippen molar-refractivity contribution in [3.8, 4) is 5.75 Å². The van der Waals surface area contributed by atoms with E-state index < -0.39 is 18.0 Å². The predicted octanol–water partition coefficient (Wildman–Crippen LogP) is 5.54. The highest BCUT2D eigenvalue weighted by molar-refractivity contribution is 9.10. The monoisotopic (exact) mass is 467 g/mol. The lowest BCUT2D eigenvalue weighted by Crippen LogP contribution is -2.30. The number of nitrogens with one attached hydrogen (secondary N) is 1. The summed E-state index contributed by atoms with van der Waals surface area (Å²) in [6, 6.07) is 18.0. The number of para-hydroxylation sites is 1. The molecule has 0 fully saturated rings. The maximum Gasteiger partial charge on any atom is 0.340 e. The van der Waals surface area contributed by atoms with Crippen LogP contribution in [0.25, 0.3) is 21.9 Å². The summed E-state index contributed by atoms with van der Waals surface area (Å²) in [6.07, 6.45) is -1.01. The standard InChI is InChI=1S/C23H18BrNO5/c1-13(29-23(27)15-8-3-5-9-17(15)24)22(26)25-18-12-20-16(11-21(18)28-2)14-7-4-6-10-19(14)30-20/h3-13H,1-2H3,(H,25,26)/t13-/m0/s1. The first-order chi connectivity index (χ1) is 14.5. The second-order valence-electron chi connectivity index (χ2n) is 6.66. The molecule has 4 rings (SSSR count). The van der Waals surface area contributed by atoms with Crippen molar-refractivity contribution in [2.45, 2.75) is 13.0 Å². The molecule has 0 unspecified atom stereocenters. The van der Waals surface area contributed by atoms with Crippen molar-refractivity contribution in [1.82, 2.24) is 0 Å². The van der Waals surface area contributed by atoms with Gasteiger partial charge in [0.1, 0.15) is 16.9 Å². The van der Waals surface area contributed by atoms with E-state index >= 15 is 0 Å². The number of hydrogen-bond acceptors (Lipinski definition) is 5. The smallest absolute Gasteiger partial charge is 0.340 e. The normalized spacial score (nSPS) is 12.0. The minimum atomic E-state index is -1.01. The molecule has 30 heavy (non-hydrogen) atoms. The summed E-state index contributed by atoms with van der Waals surface area (Å²) < 4.78 is 17.2. The third kappa shape index (κ3) is 3.76. The Hall–Kier alpha value is -3.32. The Bertz CT molecular complexity index is 1260. The van der Waals surface area contributed by atoms with Crippen molar-refractivity contribution in [2.75, 3.05) is 12.4 Å². The molecule has 4 aromatic rings. The number of carbonyl (C=O) groups excluding carboxylic acids is 2. The molecule has 7 heteroatoms. The fraction of sp³-hybridized carbons (Fsp3) is 0.130. The molecule has 3 aromatic carbocycles. The largest absolute Gasteiger partial charge is 0.495 e. The number of amides is 1. The summed E-state index contributed by atoms with van der Waals surface area (Å²) in [7, 11) is 1.52. The SMILES string of the molecule is COc1cc2c(cc1NC(=O)[C@H](C)OC(=O)c1ccccc1Br)oc1ccccc12. The van der Waals surface area contributed by atoms with E-state index in [4.69, 9.17) is 13.9 Å². The number of furan rings is 1. The van der Waals surface area contributed by atoms with E-state index in [2.05, 4.69) is 21.2 Å². The second kappa shape index (κ2) is 8.20. The lowest BCUT2D eigenvalue weighted by Gasteiger charge is -2.15. The highest BCUT2D eigenvalue weighted by Crippen LogP contribution is 2.36. The van der Waals surface area contributed by atoms with Crippen LogP contribution in [-0.2, 0) is 9.53 Å². The molecular weight excluding hydrogens is 450 g/mol. The van der Waals surface area contributed by atoms with Gasteiger partial charge in [-0.1, -0.05) is 30.3 Å². The van der Waals surface area contributed by atoms with Gasteiger partial charge in [-0.2, -0.15) is 0 Å². The first kappa shape index (κ1) is 20.0. The van der Waals surface area contributed by atoms with Crippen molar-refractivity contribution < 1.29 is 23.5 Å². The van der Waals surface area contributed by atoms with Crippen molar-refractivity contribution in [2.24, 2.45) is 0 Å². The molecule has 152 valence electrons. The van der Waals surface area contributed by atoms with Crippen LogP contribution in [0.1, 0.15) is 17.3 Å². The van der Waals surface area contributed by atoms with Crippen LogP contribution >= 0.6 is 15.9 Å². The lowest BCUT2D eigenvalue weighted by molar-refractivity contribution is -0.123. The maximum absolute atomic E-state index is 12.7. The average molecular weight is 468 g/mol. The lowest BCUT2D eigenvalue weighted by atomic mass is 10.1. The van der Waals surface area contributed by atoms with Gasteiger partial charge < -0.3 is 19.2 Å². The van der Waals surface area contributed by atoms with E-state index in [9.17, 15) is 9.59 Å². The molecule has 1 heterocycles. The number of fused-ring (bicyclic) bond motifs is 3. The van der Waals surface area contributed by atoms with Crippen molar-refractivity contribution in [3.05, 3.63) is 70.7 Å². The molecule has 0 aliphatic carbocycles. The van der Waals surface area contributed by atoms with Crippen LogP contribution < -0.4 is 10.1 Å². The molecule has 0 aliphatic rings. The summed E-state index contributed by atoms with van der Waals surface area (Å²) in [4.78, 5) is 25.0. The molecule has 0 saturated carbocycles. The van der Waals surface area contributed by atoms with Crippen LogP contribution in [0.3, 0.4) is 0 Å². The van der Waals surface area contributed by atoms with E-state index in [0.29, 0.717) is 27.1 Å². The van der Waals surface area contributed by atoms with E-state index in [1.165, 1.54) is 14.0 Å². The zero-order valence-electron chi connectivity index (χ0n) is 16.3. The fourth-order valence-electron chi connectivity index (χ4n) is 3.16. The third-order valence-electron chi connectivity index (χ3n) is 4.70. The molecule has 1 atom stereocenters. The van der Waals surface area contributed by atoms with Crippen molar-refractivity contribution in [3.63, 3.8) is 0 Å². The van der Waals surface area contributed by atoms with Gasteiger partial charge in [-0.25, -0.2) is 4.79 Å². The Morgan fingerprint density at radius 2 is 1.73 bits per heavy atom. The minimum Gasteiger partial charge on any atom is -0.495 e. The molecule has 0 bridgehead atoms. The molecule has 0 saturated heterocycles. The zero-order valence-corrected chi connectivity index (χ0v) is 17.9. The second-order valence-corrected chi connectivity index (χ2v) is 7.52. The number of benzene rings is 3. The molecule has 6 nitrogen and oxygen atoms in total. The van der Waals surface area contributed by atoms with E-state index in [-0.39, 0.29) is 0 Å². The van der Waals surface area contributed by atoms with Crippen LogP contribution in [-0.4, -0.2) is 25.1 Å². The number of methoxy groups -OCH3 is 1. The Labute approximate surface area is 180 Å². The summed E-state index contributed by atoms with van der Waals surface area (Å²) >= 11 is 3.31. The first-order valence-electron chi connectivity index (χ1n) is 9.23. The van der Waals surface area contributed by atoms with Gasteiger partial charge in [0.05, 0.1) is 18.4 Å².